The number of halogens is 1. The minimum atomic E-state index is -0.465. The second-order valence-corrected chi connectivity index (χ2v) is 7.59. The molecule has 0 saturated carbocycles. The predicted molar refractivity (Wildman–Crippen MR) is 104 cm³/mol. The molecule has 0 aromatic heterocycles. The average Bonchev–Trinajstić information content (AvgIpc) is 2.91. The van der Waals surface area contributed by atoms with Crippen molar-refractivity contribution in [2.24, 2.45) is 0 Å². The molecular formula is C22H19ClN2O2. The average molecular weight is 379 g/mol. The summed E-state index contributed by atoms with van der Waals surface area (Å²) >= 11 is 5.90. The minimum Gasteiger partial charge on any atom is -0.453 e. The van der Waals surface area contributed by atoms with Crippen LogP contribution in [0.15, 0.2) is 54.2 Å². The van der Waals surface area contributed by atoms with E-state index in [4.69, 9.17) is 21.6 Å². The van der Waals surface area contributed by atoms with Gasteiger partial charge in [-0.3, -0.25) is 0 Å². The number of nitriles is 1. The van der Waals surface area contributed by atoms with Crippen LogP contribution in [0.2, 0.25) is 5.02 Å². The van der Waals surface area contributed by atoms with Gasteiger partial charge in [0.1, 0.15) is 5.60 Å². The van der Waals surface area contributed by atoms with E-state index in [0.717, 1.165) is 31.5 Å². The minimum absolute atomic E-state index is 0.298. The zero-order chi connectivity index (χ0) is 18.9. The summed E-state index contributed by atoms with van der Waals surface area (Å²) in [5.74, 6) is -0.298. The van der Waals surface area contributed by atoms with Crippen molar-refractivity contribution in [1.82, 2.24) is 4.90 Å². The molecule has 0 radical (unpaired) electrons. The van der Waals surface area contributed by atoms with Crippen LogP contribution < -0.4 is 0 Å². The third-order valence-electron chi connectivity index (χ3n) is 5.21. The van der Waals surface area contributed by atoms with Gasteiger partial charge in [-0.05, 0) is 60.9 Å². The van der Waals surface area contributed by atoms with Crippen LogP contribution in [-0.2, 0) is 4.74 Å². The van der Waals surface area contributed by atoms with Gasteiger partial charge in [0.25, 0.3) is 0 Å². The Hall–Kier alpha value is -2.77. The van der Waals surface area contributed by atoms with Crippen molar-refractivity contribution in [2.45, 2.75) is 24.9 Å². The van der Waals surface area contributed by atoms with E-state index in [1.165, 1.54) is 5.70 Å². The first-order valence-corrected chi connectivity index (χ1v) is 9.39. The number of carbonyl (C=O) groups excluding carboxylic acids is 1. The molecule has 136 valence electrons. The van der Waals surface area contributed by atoms with Crippen molar-refractivity contribution in [3.8, 4) is 6.07 Å². The van der Waals surface area contributed by atoms with Gasteiger partial charge in [-0.1, -0.05) is 23.7 Å². The topological polar surface area (TPSA) is 53.3 Å². The van der Waals surface area contributed by atoms with Crippen molar-refractivity contribution >= 4 is 23.6 Å². The van der Waals surface area contributed by atoms with E-state index in [9.17, 15) is 4.79 Å². The molecule has 2 heterocycles. The van der Waals surface area contributed by atoms with Gasteiger partial charge >= 0.3 is 5.97 Å². The lowest BCUT2D eigenvalue weighted by molar-refractivity contribution is -0.0270. The quantitative estimate of drug-likeness (QED) is 0.729. The highest BCUT2D eigenvalue weighted by molar-refractivity contribution is 6.30. The molecule has 5 heteroatoms. The molecule has 2 aromatic rings. The van der Waals surface area contributed by atoms with E-state index >= 15 is 0 Å². The first-order valence-electron chi connectivity index (χ1n) is 9.02. The molecule has 4 nitrogen and oxygen atoms in total. The molecule has 4 rings (SSSR count). The van der Waals surface area contributed by atoms with Crippen LogP contribution in [0.4, 0.5) is 0 Å². The number of hydrogen-bond donors (Lipinski definition) is 0. The third kappa shape index (κ3) is 3.70. The van der Waals surface area contributed by atoms with E-state index < -0.39 is 5.60 Å². The molecule has 27 heavy (non-hydrogen) atoms. The van der Waals surface area contributed by atoms with E-state index in [2.05, 4.69) is 17.0 Å². The van der Waals surface area contributed by atoms with Crippen LogP contribution >= 0.6 is 11.6 Å². The highest BCUT2D eigenvalue weighted by Gasteiger charge is 2.46. The summed E-state index contributed by atoms with van der Waals surface area (Å²) in [5.41, 5.74) is 2.94. The Kier molecular flexibility index (Phi) is 4.63. The third-order valence-corrected chi connectivity index (χ3v) is 5.46. The lowest BCUT2D eigenvalue weighted by Crippen LogP contribution is -2.42. The highest BCUT2D eigenvalue weighted by atomic mass is 35.5. The summed E-state index contributed by atoms with van der Waals surface area (Å²) in [6.07, 6.45) is 4.71. The summed E-state index contributed by atoms with van der Waals surface area (Å²) in [6.45, 7) is 1.71. The van der Waals surface area contributed by atoms with Crippen molar-refractivity contribution in [1.29, 1.82) is 5.26 Å². The monoisotopic (exact) mass is 378 g/mol. The number of carbonyl (C=O) groups is 1. The number of benzene rings is 2. The van der Waals surface area contributed by atoms with E-state index in [1.54, 1.807) is 24.3 Å². The molecule has 2 aliphatic rings. The Morgan fingerprint density at radius 3 is 2.63 bits per heavy atom. The van der Waals surface area contributed by atoms with Crippen LogP contribution in [0, 0.1) is 11.3 Å². The molecule has 0 aliphatic carbocycles. The van der Waals surface area contributed by atoms with Gasteiger partial charge in [-0.15, -0.1) is 0 Å². The summed E-state index contributed by atoms with van der Waals surface area (Å²) < 4.78 is 5.99. The van der Waals surface area contributed by atoms with Crippen molar-refractivity contribution in [3.05, 3.63) is 75.9 Å². The number of esters is 1. The summed E-state index contributed by atoms with van der Waals surface area (Å²) in [4.78, 5) is 14.9. The molecule has 2 aromatic carbocycles. The van der Waals surface area contributed by atoms with Gasteiger partial charge in [0.05, 0.1) is 23.7 Å². The number of piperidine rings is 1. The Morgan fingerprint density at radius 1 is 1.19 bits per heavy atom. The second kappa shape index (κ2) is 7.09. The molecule has 2 fully saturated rings. The molecule has 0 N–H and O–H groups in total. The van der Waals surface area contributed by atoms with Crippen molar-refractivity contribution < 1.29 is 9.53 Å². The first-order chi connectivity index (χ1) is 13.1. The second-order valence-electron chi connectivity index (χ2n) is 7.15. The van der Waals surface area contributed by atoms with Gasteiger partial charge < -0.3 is 9.64 Å². The van der Waals surface area contributed by atoms with Gasteiger partial charge in [-0.25, -0.2) is 4.79 Å². The zero-order valence-corrected chi connectivity index (χ0v) is 15.6. The van der Waals surface area contributed by atoms with Gasteiger partial charge in [0.15, 0.2) is 0 Å². The maximum Gasteiger partial charge on any atom is 0.338 e. The Bertz CT molecular complexity index is 928. The maximum atomic E-state index is 12.6. The lowest BCUT2D eigenvalue weighted by atomic mass is 9.94. The van der Waals surface area contributed by atoms with Crippen LogP contribution in [0.1, 0.15) is 40.7 Å². The molecule has 1 atom stereocenters. The fourth-order valence-electron chi connectivity index (χ4n) is 3.88. The smallest absolute Gasteiger partial charge is 0.338 e. The SMILES string of the molecule is N#Cc1ccc(/C=C2\CC3(OC(=O)c4ccc(Cl)cc4)CCCN2C3)cc1. The largest absolute Gasteiger partial charge is 0.453 e. The van der Waals surface area contributed by atoms with E-state index in [1.807, 2.05) is 24.3 Å². The molecule has 0 spiro atoms. The molecule has 2 saturated heterocycles. The first kappa shape index (κ1) is 17.6. The number of fused-ring (bicyclic) bond motifs is 2. The lowest BCUT2D eigenvalue weighted by Gasteiger charge is -2.33. The van der Waals surface area contributed by atoms with E-state index in [0.29, 0.717) is 22.6 Å². The summed E-state index contributed by atoms with van der Waals surface area (Å²) in [5, 5.41) is 9.53. The van der Waals surface area contributed by atoms with Gasteiger partial charge in [0.2, 0.25) is 0 Å². The summed E-state index contributed by atoms with van der Waals surface area (Å²) in [6, 6.07) is 16.5. The molecular weight excluding hydrogens is 360 g/mol. The highest BCUT2D eigenvalue weighted by Crippen LogP contribution is 2.41. The van der Waals surface area contributed by atoms with Crippen molar-refractivity contribution in [3.63, 3.8) is 0 Å². The zero-order valence-electron chi connectivity index (χ0n) is 14.8. The Morgan fingerprint density at radius 2 is 1.93 bits per heavy atom. The Labute approximate surface area is 163 Å². The number of nitrogens with zero attached hydrogens (tertiary/aromatic N) is 2. The summed E-state index contributed by atoms with van der Waals surface area (Å²) in [7, 11) is 0. The number of ether oxygens (including phenoxy) is 1. The van der Waals surface area contributed by atoms with Crippen LogP contribution in [0.3, 0.4) is 0 Å². The number of hydrogen-bond acceptors (Lipinski definition) is 4. The molecule has 2 bridgehead atoms. The normalized spacial score (nSPS) is 22.5. The fourth-order valence-corrected chi connectivity index (χ4v) is 4.00. The van der Waals surface area contributed by atoms with Crippen LogP contribution in [0.25, 0.3) is 6.08 Å². The predicted octanol–water partition coefficient (Wildman–Crippen LogP) is 4.65. The maximum absolute atomic E-state index is 12.6. The van der Waals surface area contributed by atoms with Gasteiger partial charge in [-0.2, -0.15) is 5.26 Å². The van der Waals surface area contributed by atoms with E-state index in [-0.39, 0.29) is 5.97 Å². The van der Waals surface area contributed by atoms with Gasteiger partial charge in [0, 0.05) is 23.7 Å². The standard InChI is InChI=1S/C22H19ClN2O2/c23-19-8-6-18(7-9-19)21(26)27-22-10-1-11-25(15-22)20(13-22)12-16-2-4-17(14-24)5-3-16/h2-9,12H,1,10-11,13,15H2/b20-12+. The van der Waals surface area contributed by atoms with Crippen LogP contribution in [0.5, 0.6) is 0 Å². The molecule has 0 amide bonds. The molecule has 2 aliphatic heterocycles. The van der Waals surface area contributed by atoms with Crippen LogP contribution in [-0.4, -0.2) is 29.6 Å². The fraction of sp³-hybridized carbons (Fsp3) is 0.273. The number of rotatable bonds is 3. The molecule has 1 unspecified atom stereocenters. The Balaban J connectivity index is 1.53. The van der Waals surface area contributed by atoms with Crippen molar-refractivity contribution in [2.75, 3.05) is 13.1 Å².